The summed E-state index contributed by atoms with van der Waals surface area (Å²) in [4.78, 5) is 28.4. The smallest absolute Gasteiger partial charge is 0.271 e. The highest BCUT2D eigenvalue weighted by Crippen LogP contribution is 2.02. The van der Waals surface area contributed by atoms with Gasteiger partial charge < -0.3 is 10.3 Å². The summed E-state index contributed by atoms with van der Waals surface area (Å²) in [7, 11) is 0. The molecule has 2 N–H and O–H groups in total. The van der Waals surface area contributed by atoms with Crippen LogP contribution in [0.5, 0.6) is 0 Å². The number of hydrogen-bond donors (Lipinski definition) is 2. The van der Waals surface area contributed by atoms with E-state index in [0.29, 0.717) is 0 Å². The van der Waals surface area contributed by atoms with E-state index >= 15 is 0 Å². The fourth-order valence-electron chi connectivity index (χ4n) is 1.34. The Morgan fingerprint density at radius 3 is 2.67 bits per heavy atom. The van der Waals surface area contributed by atoms with Crippen LogP contribution < -0.4 is 10.9 Å². The summed E-state index contributed by atoms with van der Waals surface area (Å²) < 4.78 is 12.7. The molecule has 1 amide bonds. The van der Waals surface area contributed by atoms with Gasteiger partial charge in [0.15, 0.2) is 0 Å². The van der Waals surface area contributed by atoms with Crippen molar-refractivity contribution >= 4 is 5.91 Å². The van der Waals surface area contributed by atoms with Gasteiger partial charge in [-0.15, -0.1) is 0 Å². The zero-order valence-electron chi connectivity index (χ0n) is 9.31. The van der Waals surface area contributed by atoms with Gasteiger partial charge in [0, 0.05) is 12.7 Å². The molecule has 0 bridgehead atoms. The van der Waals surface area contributed by atoms with Gasteiger partial charge in [0.25, 0.3) is 11.5 Å². The van der Waals surface area contributed by atoms with Gasteiger partial charge in [-0.1, -0.05) is 12.1 Å². The molecule has 0 aliphatic heterocycles. The minimum atomic E-state index is -0.407. The third kappa shape index (κ3) is 3.00. The Morgan fingerprint density at radius 2 is 2.06 bits per heavy atom. The third-order valence-electron chi connectivity index (χ3n) is 2.27. The monoisotopic (exact) mass is 247 g/mol. The molecule has 1 aromatic heterocycles. The largest absolute Gasteiger partial charge is 0.347 e. The summed E-state index contributed by atoms with van der Waals surface area (Å²) in [5.74, 6) is -0.733. The number of carbonyl (C=O) groups is 1. The van der Waals surface area contributed by atoms with Crippen molar-refractivity contribution in [1.82, 2.24) is 15.3 Å². The SMILES string of the molecule is O=C(NCc1ccc(F)cc1)c1c[nH]c(=O)cn1. The fourth-order valence-corrected chi connectivity index (χ4v) is 1.34. The maximum absolute atomic E-state index is 12.7. The van der Waals surface area contributed by atoms with Gasteiger partial charge >= 0.3 is 0 Å². The molecule has 6 heteroatoms. The van der Waals surface area contributed by atoms with Crippen molar-refractivity contribution in [1.29, 1.82) is 0 Å². The lowest BCUT2D eigenvalue weighted by Crippen LogP contribution is -2.25. The summed E-state index contributed by atoms with van der Waals surface area (Å²) in [5.41, 5.74) is 0.524. The first-order valence-electron chi connectivity index (χ1n) is 5.22. The number of aromatic amines is 1. The molecular weight excluding hydrogens is 237 g/mol. The number of amides is 1. The quantitative estimate of drug-likeness (QED) is 0.843. The minimum Gasteiger partial charge on any atom is -0.347 e. The number of rotatable bonds is 3. The Kier molecular flexibility index (Phi) is 3.47. The average molecular weight is 247 g/mol. The highest BCUT2D eigenvalue weighted by Gasteiger charge is 2.06. The van der Waals surface area contributed by atoms with E-state index in [0.717, 1.165) is 11.8 Å². The number of carbonyl (C=O) groups excluding carboxylic acids is 1. The lowest BCUT2D eigenvalue weighted by Gasteiger charge is -2.04. The normalized spacial score (nSPS) is 10.1. The van der Waals surface area contributed by atoms with Crippen molar-refractivity contribution in [2.75, 3.05) is 0 Å². The molecule has 0 unspecified atom stereocenters. The maximum Gasteiger partial charge on any atom is 0.271 e. The van der Waals surface area contributed by atoms with Crippen LogP contribution in [0, 0.1) is 5.82 Å². The molecule has 1 aromatic carbocycles. The number of hydrogen-bond acceptors (Lipinski definition) is 3. The van der Waals surface area contributed by atoms with Crippen molar-refractivity contribution in [3.8, 4) is 0 Å². The van der Waals surface area contributed by atoms with Gasteiger partial charge in [0.05, 0.1) is 6.20 Å². The van der Waals surface area contributed by atoms with Crippen molar-refractivity contribution in [2.45, 2.75) is 6.54 Å². The lowest BCUT2D eigenvalue weighted by atomic mass is 10.2. The van der Waals surface area contributed by atoms with Crippen molar-refractivity contribution in [3.05, 3.63) is 64.1 Å². The average Bonchev–Trinajstić information content (AvgIpc) is 2.38. The molecule has 0 aliphatic rings. The van der Waals surface area contributed by atoms with Crippen LogP contribution in [0.4, 0.5) is 4.39 Å². The fraction of sp³-hybridized carbons (Fsp3) is 0.0833. The van der Waals surface area contributed by atoms with Crippen molar-refractivity contribution in [2.24, 2.45) is 0 Å². The lowest BCUT2D eigenvalue weighted by molar-refractivity contribution is 0.0945. The molecule has 2 rings (SSSR count). The first-order chi connectivity index (χ1) is 8.65. The summed E-state index contributed by atoms with van der Waals surface area (Å²) in [6.45, 7) is 0.264. The standard InChI is InChI=1S/C12H10FN3O2/c13-9-3-1-8(2-4-9)5-16-12(18)10-6-15-11(17)7-14-10/h1-4,6-7H,5H2,(H,15,17)(H,16,18). The van der Waals surface area contributed by atoms with E-state index in [2.05, 4.69) is 15.3 Å². The zero-order valence-corrected chi connectivity index (χ0v) is 9.31. The molecule has 0 spiro atoms. The Labute approximate surface area is 102 Å². The van der Waals surface area contributed by atoms with Crippen LogP contribution in [-0.2, 0) is 6.54 Å². The van der Waals surface area contributed by atoms with Crippen molar-refractivity contribution < 1.29 is 9.18 Å². The molecule has 0 saturated heterocycles. The number of nitrogens with zero attached hydrogens (tertiary/aromatic N) is 1. The first kappa shape index (κ1) is 12.0. The van der Waals surface area contributed by atoms with Gasteiger partial charge in [0.1, 0.15) is 11.5 Å². The van der Waals surface area contributed by atoms with Gasteiger partial charge in [-0.2, -0.15) is 0 Å². The van der Waals surface area contributed by atoms with Crippen LogP contribution in [-0.4, -0.2) is 15.9 Å². The van der Waals surface area contributed by atoms with Crippen LogP contribution >= 0.6 is 0 Å². The van der Waals surface area contributed by atoms with E-state index in [1.807, 2.05) is 0 Å². The second-order valence-electron chi connectivity index (χ2n) is 3.61. The molecule has 0 aliphatic carbocycles. The molecule has 92 valence electrons. The molecule has 18 heavy (non-hydrogen) atoms. The van der Waals surface area contributed by atoms with Crippen LogP contribution in [0.1, 0.15) is 16.1 Å². The first-order valence-corrected chi connectivity index (χ1v) is 5.22. The molecule has 1 heterocycles. The number of nitrogens with one attached hydrogen (secondary N) is 2. The zero-order chi connectivity index (χ0) is 13.0. The van der Waals surface area contributed by atoms with Gasteiger partial charge in [-0.3, -0.25) is 9.59 Å². The van der Waals surface area contributed by atoms with E-state index in [1.165, 1.54) is 18.3 Å². The number of aromatic nitrogens is 2. The highest BCUT2D eigenvalue weighted by molar-refractivity contribution is 5.91. The predicted molar refractivity (Wildman–Crippen MR) is 62.4 cm³/mol. The molecule has 0 saturated carbocycles. The second kappa shape index (κ2) is 5.22. The molecular formula is C12H10FN3O2. The number of halogens is 1. The molecule has 0 radical (unpaired) electrons. The number of H-pyrrole nitrogens is 1. The van der Waals surface area contributed by atoms with E-state index in [1.54, 1.807) is 12.1 Å². The third-order valence-corrected chi connectivity index (χ3v) is 2.27. The summed E-state index contributed by atoms with van der Waals surface area (Å²) in [6, 6.07) is 5.80. The van der Waals surface area contributed by atoms with E-state index in [9.17, 15) is 14.0 Å². The molecule has 0 fully saturated rings. The van der Waals surface area contributed by atoms with E-state index < -0.39 is 5.91 Å². The molecule has 2 aromatic rings. The highest BCUT2D eigenvalue weighted by atomic mass is 19.1. The van der Waals surface area contributed by atoms with Gasteiger partial charge in [-0.25, -0.2) is 9.37 Å². The maximum atomic E-state index is 12.7. The summed E-state index contributed by atoms with van der Waals surface area (Å²) >= 11 is 0. The Bertz CT molecular complexity index is 587. The Morgan fingerprint density at radius 1 is 1.33 bits per heavy atom. The molecule has 0 atom stereocenters. The topological polar surface area (TPSA) is 74.8 Å². The van der Waals surface area contributed by atoms with Gasteiger partial charge in [0.2, 0.25) is 0 Å². The summed E-state index contributed by atoms with van der Waals surface area (Å²) in [5, 5.41) is 2.61. The van der Waals surface area contributed by atoms with Crippen LogP contribution in [0.2, 0.25) is 0 Å². The van der Waals surface area contributed by atoms with Crippen molar-refractivity contribution in [3.63, 3.8) is 0 Å². The van der Waals surface area contributed by atoms with Gasteiger partial charge in [-0.05, 0) is 17.7 Å². The molecule has 5 nitrogen and oxygen atoms in total. The van der Waals surface area contributed by atoms with E-state index in [-0.39, 0.29) is 23.6 Å². The van der Waals surface area contributed by atoms with E-state index in [4.69, 9.17) is 0 Å². The second-order valence-corrected chi connectivity index (χ2v) is 3.61. The number of benzene rings is 1. The van der Waals surface area contributed by atoms with Crippen LogP contribution in [0.3, 0.4) is 0 Å². The predicted octanol–water partition coefficient (Wildman–Crippen LogP) is 0.839. The Hall–Kier alpha value is -2.50. The van der Waals surface area contributed by atoms with Crippen LogP contribution in [0.25, 0.3) is 0 Å². The van der Waals surface area contributed by atoms with Crippen LogP contribution in [0.15, 0.2) is 41.5 Å². The minimum absolute atomic E-state index is 0.122. The Balaban J connectivity index is 1.98. The summed E-state index contributed by atoms with van der Waals surface area (Å²) in [6.07, 6.45) is 2.27.